The number of hydrogen-bond acceptors (Lipinski definition) is 2. The van der Waals surface area contributed by atoms with Crippen LogP contribution in [0, 0.1) is 9.49 Å². The van der Waals surface area contributed by atoms with E-state index in [1.807, 2.05) is 6.07 Å². The molecule has 0 saturated heterocycles. The summed E-state index contributed by atoms with van der Waals surface area (Å²) in [5.74, 6) is 1.46. The Balaban J connectivity index is 2.05. The average Bonchev–Trinajstić information content (AvgIpc) is 3.26. The molecule has 3 rings (SSSR count). The van der Waals surface area contributed by atoms with E-state index in [-0.39, 0.29) is 5.41 Å². The maximum Gasteiger partial charge on any atom is 0.146 e. The van der Waals surface area contributed by atoms with Crippen LogP contribution in [0.25, 0.3) is 0 Å². The molecule has 1 aromatic carbocycles. The number of benzene rings is 1. The average molecular weight is 413 g/mol. The van der Waals surface area contributed by atoms with E-state index in [2.05, 4.69) is 65.7 Å². The molecule has 1 fully saturated rings. The minimum Gasteiger partial charge on any atom is -0.236 e. The zero-order valence-corrected chi connectivity index (χ0v) is 15.1. The third kappa shape index (κ3) is 2.95. The fourth-order valence-electron chi connectivity index (χ4n) is 2.72. The van der Waals surface area contributed by atoms with Crippen LogP contribution in [-0.2, 0) is 11.8 Å². The van der Waals surface area contributed by atoms with E-state index in [1.54, 1.807) is 0 Å². The van der Waals surface area contributed by atoms with E-state index in [0.29, 0.717) is 11.1 Å². The molecule has 1 aromatic heterocycles. The first-order valence-electron chi connectivity index (χ1n) is 7.31. The van der Waals surface area contributed by atoms with Crippen molar-refractivity contribution < 1.29 is 0 Å². The number of hydrogen-bond donors (Lipinski definition) is 0. The molecule has 2 aromatic rings. The Bertz CT molecular complexity index is 651. The van der Waals surface area contributed by atoms with Crippen LogP contribution >= 0.6 is 34.2 Å². The highest BCUT2D eigenvalue weighted by Gasteiger charge is 2.49. The molecule has 1 aliphatic carbocycles. The van der Waals surface area contributed by atoms with Crippen molar-refractivity contribution in [3.63, 3.8) is 0 Å². The molecule has 21 heavy (non-hydrogen) atoms. The van der Waals surface area contributed by atoms with E-state index < -0.39 is 0 Å². The Morgan fingerprint density at radius 1 is 1.19 bits per heavy atom. The van der Waals surface area contributed by atoms with Crippen LogP contribution in [-0.4, -0.2) is 9.97 Å². The van der Waals surface area contributed by atoms with Crippen molar-refractivity contribution in [3.8, 4) is 0 Å². The molecular formula is C17H18ClIN2. The summed E-state index contributed by atoms with van der Waals surface area (Å²) in [6.07, 6.45) is 3.16. The minimum absolute atomic E-state index is 0.0129. The van der Waals surface area contributed by atoms with Gasteiger partial charge in [-0.1, -0.05) is 55.8 Å². The Hall–Kier alpha value is -0.680. The molecule has 1 aliphatic rings. The van der Waals surface area contributed by atoms with Gasteiger partial charge in [0, 0.05) is 0 Å². The van der Waals surface area contributed by atoms with Crippen molar-refractivity contribution in [3.05, 3.63) is 56.1 Å². The number of halogens is 2. The van der Waals surface area contributed by atoms with E-state index in [4.69, 9.17) is 16.6 Å². The van der Waals surface area contributed by atoms with Crippen LogP contribution in [0.3, 0.4) is 0 Å². The molecule has 2 nitrogen and oxygen atoms in total. The summed E-state index contributed by atoms with van der Waals surface area (Å²) >= 11 is 8.63. The maximum atomic E-state index is 6.37. The monoisotopic (exact) mass is 412 g/mol. The van der Waals surface area contributed by atoms with Gasteiger partial charge >= 0.3 is 0 Å². The van der Waals surface area contributed by atoms with Crippen LogP contribution in [0.1, 0.15) is 43.8 Å². The highest BCUT2D eigenvalue weighted by molar-refractivity contribution is 14.1. The smallest absolute Gasteiger partial charge is 0.146 e. The lowest BCUT2D eigenvalue weighted by Gasteiger charge is -2.17. The molecule has 0 N–H and O–H groups in total. The summed E-state index contributed by atoms with van der Waals surface area (Å²) in [6, 6.07) is 10.6. The number of aromatic nitrogens is 2. The molecule has 0 unspecified atom stereocenters. The molecule has 0 bridgehead atoms. The fourth-order valence-corrected chi connectivity index (χ4v) is 3.37. The summed E-state index contributed by atoms with van der Waals surface area (Å²) in [7, 11) is 0. The van der Waals surface area contributed by atoms with Gasteiger partial charge < -0.3 is 0 Å². The predicted molar refractivity (Wildman–Crippen MR) is 94.8 cm³/mol. The Morgan fingerprint density at radius 3 is 2.43 bits per heavy atom. The quantitative estimate of drug-likeness (QED) is 0.521. The van der Waals surface area contributed by atoms with Gasteiger partial charge in [-0.05, 0) is 53.3 Å². The van der Waals surface area contributed by atoms with Gasteiger partial charge in [-0.2, -0.15) is 0 Å². The first-order chi connectivity index (χ1) is 10.0. The van der Waals surface area contributed by atoms with Gasteiger partial charge in [0.05, 0.1) is 14.7 Å². The second-order valence-electron chi connectivity index (χ2n) is 6.14. The summed E-state index contributed by atoms with van der Waals surface area (Å²) < 4.78 is 0.996. The molecular weight excluding hydrogens is 395 g/mol. The fraction of sp³-hybridized carbons (Fsp3) is 0.412. The van der Waals surface area contributed by atoms with Crippen molar-refractivity contribution >= 4 is 34.2 Å². The highest BCUT2D eigenvalue weighted by Crippen LogP contribution is 2.52. The molecule has 0 radical (unpaired) electrons. The Morgan fingerprint density at radius 2 is 1.86 bits per heavy atom. The maximum absolute atomic E-state index is 6.37. The first kappa shape index (κ1) is 15.2. The van der Waals surface area contributed by atoms with Crippen LogP contribution in [0.15, 0.2) is 30.3 Å². The van der Waals surface area contributed by atoms with Gasteiger partial charge in [0.15, 0.2) is 0 Å². The zero-order valence-electron chi connectivity index (χ0n) is 12.2. The molecule has 0 spiro atoms. The predicted octanol–water partition coefficient (Wildman–Crippen LogP) is 5.01. The molecule has 0 atom stereocenters. The van der Waals surface area contributed by atoms with Gasteiger partial charge in [-0.25, -0.2) is 9.97 Å². The highest BCUT2D eigenvalue weighted by atomic mass is 127. The van der Waals surface area contributed by atoms with Gasteiger partial charge in [-0.15, -0.1) is 0 Å². The van der Waals surface area contributed by atoms with Crippen LogP contribution in [0.2, 0.25) is 5.15 Å². The lowest BCUT2D eigenvalue weighted by Crippen LogP contribution is -2.16. The lowest BCUT2D eigenvalue weighted by molar-refractivity contribution is 0.621. The van der Waals surface area contributed by atoms with Crippen molar-refractivity contribution in [2.75, 3.05) is 0 Å². The lowest BCUT2D eigenvalue weighted by atomic mass is 9.95. The largest absolute Gasteiger partial charge is 0.236 e. The summed E-state index contributed by atoms with van der Waals surface area (Å²) in [5.41, 5.74) is 2.38. The summed E-state index contributed by atoms with van der Waals surface area (Å²) in [5, 5.41) is 0.596. The van der Waals surface area contributed by atoms with Crippen LogP contribution < -0.4 is 0 Å². The number of nitrogens with zero attached hydrogens (tertiary/aromatic N) is 2. The van der Waals surface area contributed by atoms with Crippen LogP contribution in [0.5, 0.6) is 0 Å². The van der Waals surface area contributed by atoms with E-state index in [9.17, 15) is 0 Å². The van der Waals surface area contributed by atoms with Crippen molar-refractivity contribution in [1.82, 2.24) is 9.97 Å². The second-order valence-corrected chi connectivity index (χ2v) is 7.58. The van der Waals surface area contributed by atoms with Crippen molar-refractivity contribution in [2.45, 2.75) is 38.5 Å². The zero-order chi connectivity index (χ0) is 15.0. The molecule has 0 amide bonds. The third-order valence-corrected chi connectivity index (χ3v) is 5.71. The van der Waals surface area contributed by atoms with Crippen LogP contribution in [0.4, 0.5) is 0 Å². The number of rotatable bonds is 4. The normalized spacial score (nSPS) is 16.2. The molecule has 0 aliphatic heterocycles. The van der Waals surface area contributed by atoms with Crippen molar-refractivity contribution in [1.29, 1.82) is 0 Å². The summed E-state index contributed by atoms with van der Waals surface area (Å²) in [4.78, 5) is 9.48. The van der Waals surface area contributed by atoms with Gasteiger partial charge in [0.1, 0.15) is 11.0 Å². The van der Waals surface area contributed by atoms with Gasteiger partial charge in [0.2, 0.25) is 0 Å². The van der Waals surface area contributed by atoms with E-state index >= 15 is 0 Å². The molecule has 1 heterocycles. The molecule has 4 heteroatoms. The van der Waals surface area contributed by atoms with Gasteiger partial charge in [-0.3, -0.25) is 0 Å². The van der Waals surface area contributed by atoms with E-state index in [0.717, 1.165) is 34.4 Å². The van der Waals surface area contributed by atoms with E-state index in [1.165, 1.54) is 5.56 Å². The van der Waals surface area contributed by atoms with Crippen molar-refractivity contribution in [2.24, 2.45) is 5.92 Å². The Kier molecular flexibility index (Phi) is 4.23. The first-order valence-corrected chi connectivity index (χ1v) is 8.76. The van der Waals surface area contributed by atoms with Gasteiger partial charge in [0.25, 0.3) is 0 Å². The SMILES string of the molecule is CC(C)Cc1nc(C2(c3ccccc3)CC2)nc(Cl)c1I. The molecule has 110 valence electrons. The topological polar surface area (TPSA) is 25.8 Å². The molecule has 1 saturated carbocycles. The minimum atomic E-state index is -0.0129. The standard InChI is InChI=1S/C17H18ClIN2/c1-11(2)10-13-14(19)15(18)21-16(20-13)17(8-9-17)12-6-4-3-5-7-12/h3-7,11H,8-10H2,1-2H3. The second kappa shape index (κ2) is 5.84. The third-order valence-electron chi connectivity index (χ3n) is 3.99. The summed E-state index contributed by atoms with van der Waals surface area (Å²) in [6.45, 7) is 4.41. The Labute approximate surface area is 144 Å².